The van der Waals surface area contributed by atoms with Crippen molar-refractivity contribution in [3.05, 3.63) is 23.8 Å². The molecule has 2 nitrogen and oxygen atoms in total. The Hall–Kier alpha value is -0.960. The van der Waals surface area contributed by atoms with Crippen molar-refractivity contribution in [2.45, 2.75) is 4.90 Å². The summed E-state index contributed by atoms with van der Waals surface area (Å²) in [6, 6.07) is 4.39. The Morgan fingerprint density at radius 2 is 2.20 bits per heavy atom. The molecule has 1 aromatic rings. The van der Waals surface area contributed by atoms with Crippen molar-refractivity contribution in [1.29, 1.82) is 0 Å². The molecule has 0 bridgehead atoms. The van der Waals surface area contributed by atoms with Crippen LogP contribution in [0.3, 0.4) is 0 Å². The molecular weight excluding hydrogens is 148 g/mol. The monoisotopic (exact) mass is 154 g/mol. The second-order valence-electron chi connectivity index (χ2n) is 1.86. The van der Waals surface area contributed by atoms with Gasteiger partial charge < -0.3 is 5.11 Å². The predicted molar refractivity (Wildman–Crippen MR) is 40.7 cm³/mol. The van der Waals surface area contributed by atoms with Crippen LogP contribution in [0.15, 0.2) is 23.1 Å². The van der Waals surface area contributed by atoms with Gasteiger partial charge in [-0.2, -0.15) is 0 Å². The van der Waals surface area contributed by atoms with Crippen molar-refractivity contribution in [1.82, 2.24) is 0 Å². The van der Waals surface area contributed by atoms with E-state index in [1.807, 2.05) is 0 Å². The molecule has 0 atom stereocenters. The Kier molecular flexibility index (Phi) is 1.97. The summed E-state index contributed by atoms with van der Waals surface area (Å²) in [4.78, 5) is 10.7. The highest BCUT2D eigenvalue weighted by atomic mass is 32.1. The lowest BCUT2D eigenvalue weighted by Crippen LogP contribution is -1.80. The minimum absolute atomic E-state index is 0.121. The molecule has 0 radical (unpaired) electrons. The lowest BCUT2D eigenvalue weighted by Gasteiger charge is -1.95. The number of phenolic OH excluding ortho intramolecular Hbond substituents is 1. The first kappa shape index (κ1) is 7.15. The van der Waals surface area contributed by atoms with Crippen molar-refractivity contribution in [3.63, 3.8) is 0 Å². The molecule has 1 aromatic carbocycles. The van der Waals surface area contributed by atoms with Crippen LogP contribution in [-0.4, -0.2) is 11.4 Å². The van der Waals surface area contributed by atoms with Crippen LogP contribution in [0.4, 0.5) is 0 Å². The van der Waals surface area contributed by atoms with E-state index in [9.17, 15) is 4.79 Å². The van der Waals surface area contributed by atoms with Gasteiger partial charge in [-0.3, -0.25) is 4.79 Å². The third-order valence-corrected chi connectivity index (χ3v) is 1.53. The molecule has 0 aliphatic carbocycles. The number of benzene rings is 1. The number of rotatable bonds is 1. The van der Waals surface area contributed by atoms with Gasteiger partial charge in [-0.1, -0.05) is 0 Å². The third kappa shape index (κ3) is 1.30. The highest BCUT2D eigenvalue weighted by Gasteiger charge is 1.96. The van der Waals surface area contributed by atoms with Crippen molar-refractivity contribution in [2.24, 2.45) is 0 Å². The molecule has 0 saturated carbocycles. The van der Waals surface area contributed by atoms with Gasteiger partial charge in [-0.15, -0.1) is 12.6 Å². The lowest BCUT2D eigenvalue weighted by molar-refractivity contribution is 0.112. The summed E-state index contributed by atoms with van der Waals surface area (Å²) in [5, 5.41) is 8.87. The molecule has 10 heavy (non-hydrogen) atoms. The van der Waals surface area contributed by atoms with Crippen LogP contribution in [-0.2, 0) is 0 Å². The van der Waals surface area contributed by atoms with E-state index in [1.165, 1.54) is 18.2 Å². The van der Waals surface area contributed by atoms with Crippen LogP contribution in [0, 0.1) is 0 Å². The zero-order valence-electron chi connectivity index (χ0n) is 5.11. The van der Waals surface area contributed by atoms with E-state index in [0.29, 0.717) is 16.7 Å². The smallest absolute Gasteiger partial charge is 0.151 e. The maximum Gasteiger partial charge on any atom is 0.151 e. The molecule has 0 spiro atoms. The van der Waals surface area contributed by atoms with Gasteiger partial charge in [0.2, 0.25) is 0 Å². The lowest BCUT2D eigenvalue weighted by atomic mass is 10.2. The number of aldehydes is 1. The average Bonchev–Trinajstić information content (AvgIpc) is 1.88. The van der Waals surface area contributed by atoms with Crippen molar-refractivity contribution >= 4 is 18.9 Å². The van der Waals surface area contributed by atoms with Crippen molar-refractivity contribution in [3.8, 4) is 5.75 Å². The van der Waals surface area contributed by atoms with E-state index in [0.717, 1.165) is 0 Å². The number of phenols is 1. The van der Waals surface area contributed by atoms with E-state index in [2.05, 4.69) is 12.6 Å². The molecule has 3 heteroatoms. The molecule has 1 N–H and O–H groups in total. The number of carbonyl (C=O) groups excluding carboxylic acids is 1. The maximum atomic E-state index is 10.2. The van der Waals surface area contributed by atoms with Crippen LogP contribution in [0.5, 0.6) is 5.75 Å². The average molecular weight is 154 g/mol. The normalized spacial score (nSPS) is 9.30. The zero-order valence-corrected chi connectivity index (χ0v) is 6.01. The summed E-state index contributed by atoms with van der Waals surface area (Å²) in [6.07, 6.45) is 0.696. The number of hydrogen-bond acceptors (Lipinski definition) is 3. The molecule has 1 rings (SSSR count). The number of carbonyl (C=O) groups is 1. The summed E-state index contributed by atoms with van der Waals surface area (Å²) in [5.41, 5.74) is 0.487. The van der Waals surface area contributed by atoms with Gasteiger partial charge >= 0.3 is 0 Å². The summed E-state index contributed by atoms with van der Waals surface area (Å²) in [5.74, 6) is 0.121. The Morgan fingerprint density at radius 1 is 1.50 bits per heavy atom. The van der Waals surface area contributed by atoms with E-state index in [-0.39, 0.29) is 5.75 Å². The standard InChI is InChI=1S/C7H6O2S/c8-4-5-1-2-6(9)3-7(5)10/h1-4,9-10H. The van der Waals surface area contributed by atoms with Gasteiger partial charge in [0, 0.05) is 10.5 Å². The highest BCUT2D eigenvalue weighted by molar-refractivity contribution is 7.80. The van der Waals surface area contributed by atoms with E-state index in [1.54, 1.807) is 0 Å². The molecule has 0 aliphatic heterocycles. The van der Waals surface area contributed by atoms with Crippen LogP contribution in [0.25, 0.3) is 0 Å². The fourth-order valence-corrected chi connectivity index (χ4v) is 0.891. The Balaban J connectivity index is 3.19. The van der Waals surface area contributed by atoms with Gasteiger partial charge in [0.25, 0.3) is 0 Å². The van der Waals surface area contributed by atoms with E-state index < -0.39 is 0 Å². The topological polar surface area (TPSA) is 37.3 Å². The summed E-state index contributed by atoms with van der Waals surface area (Å²) in [7, 11) is 0. The first-order chi connectivity index (χ1) is 4.74. The highest BCUT2D eigenvalue weighted by Crippen LogP contribution is 2.17. The Morgan fingerprint density at radius 3 is 2.70 bits per heavy atom. The summed E-state index contributed by atoms with van der Waals surface area (Å²) in [6.45, 7) is 0. The van der Waals surface area contributed by atoms with Crippen LogP contribution in [0.1, 0.15) is 10.4 Å². The Bertz CT molecular complexity index is 258. The Labute approximate surface area is 63.9 Å². The first-order valence-corrected chi connectivity index (χ1v) is 3.16. The van der Waals surface area contributed by atoms with Crippen LogP contribution >= 0.6 is 12.6 Å². The quantitative estimate of drug-likeness (QED) is 0.475. The van der Waals surface area contributed by atoms with Gasteiger partial charge in [0.15, 0.2) is 6.29 Å². The molecule has 52 valence electrons. The van der Waals surface area contributed by atoms with Gasteiger partial charge in [-0.25, -0.2) is 0 Å². The zero-order chi connectivity index (χ0) is 7.56. The number of aromatic hydroxyl groups is 1. The summed E-state index contributed by atoms with van der Waals surface area (Å²) < 4.78 is 0. The largest absolute Gasteiger partial charge is 0.508 e. The second kappa shape index (κ2) is 2.75. The van der Waals surface area contributed by atoms with E-state index >= 15 is 0 Å². The van der Waals surface area contributed by atoms with Crippen molar-refractivity contribution < 1.29 is 9.90 Å². The maximum absolute atomic E-state index is 10.2. The number of thiol groups is 1. The van der Waals surface area contributed by atoms with Crippen LogP contribution < -0.4 is 0 Å². The van der Waals surface area contributed by atoms with E-state index in [4.69, 9.17) is 5.11 Å². The van der Waals surface area contributed by atoms with Crippen molar-refractivity contribution in [2.75, 3.05) is 0 Å². The second-order valence-corrected chi connectivity index (χ2v) is 2.34. The molecule has 0 saturated heterocycles. The fourth-order valence-electron chi connectivity index (χ4n) is 0.632. The minimum Gasteiger partial charge on any atom is -0.508 e. The minimum atomic E-state index is 0.121. The van der Waals surface area contributed by atoms with Gasteiger partial charge in [0.1, 0.15) is 5.75 Å². The SMILES string of the molecule is O=Cc1ccc(O)cc1S. The molecular formula is C7H6O2S. The fraction of sp³-hybridized carbons (Fsp3) is 0. The van der Waals surface area contributed by atoms with Gasteiger partial charge in [0.05, 0.1) is 0 Å². The summed E-state index contributed by atoms with van der Waals surface area (Å²) >= 11 is 3.96. The van der Waals surface area contributed by atoms with Gasteiger partial charge in [-0.05, 0) is 18.2 Å². The molecule has 0 fully saturated rings. The first-order valence-electron chi connectivity index (χ1n) is 2.71. The predicted octanol–water partition coefficient (Wildman–Crippen LogP) is 1.49. The molecule has 0 unspecified atom stereocenters. The van der Waals surface area contributed by atoms with Crippen LogP contribution in [0.2, 0.25) is 0 Å². The molecule has 0 aromatic heterocycles. The molecule has 0 aliphatic rings. The number of hydrogen-bond donors (Lipinski definition) is 2. The third-order valence-electron chi connectivity index (χ3n) is 1.14. The molecule has 0 amide bonds. The molecule has 0 heterocycles.